The van der Waals surface area contributed by atoms with Gasteiger partial charge >= 0.3 is 0 Å². The molecule has 2 rings (SSSR count). The second-order valence-corrected chi connectivity index (χ2v) is 4.15. The van der Waals surface area contributed by atoms with Crippen LogP contribution < -0.4 is 11.5 Å². The number of rotatable bonds is 3. The Morgan fingerprint density at radius 2 is 1.47 bits per heavy atom. The van der Waals surface area contributed by atoms with Crippen molar-refractivity contribution < 1.29 is 0 Å². The fraction of sp³-hybridized carbons (Fsp3) is 0. The van der Waals surface area contributed by atoms with Crippen molar-refractivity contribution in [3.63, 3.8) is 0 Å². The molecule has 0 aliphatic heterocycles. The maximum absolute atomic E-state index is 5.87. The van der Waals surface area contributed by atoms with Gasteiger partial charge in [0.25, 0.3) is 0 Å². The Balaban J connectivity index is 2.49. The highest BCUT2D eigenvalue weighted by Gasteiger charge is 2.07. The van der Waals surface area contributed by atoms with E-state index in [2.05, 4.69) is 15.2 Å². The minimum atomic E-state index is -0.0967. The standard InChI is InChI=1S/C13H12ClN5/c14-11-3-1-9(2-4-11)12(18-19-13(15)16)10-5-7-17-8-6-10/h1-8H,(H4,15,16,19)/b18-12+. The monoisotopic (exact) mass is 273 g/mol. The van der Waals surface area contributed by atoms with Crippen LogP contribution in [-0.2, 0) is 0 Å². The van der Waals surface area contributed by atoms with Gasteiger partial charge in [0.2, 0.25) is 5.96 Å². The molecule has 5 nitrogen and oxygen atoms in total. The first kappa shape index (κ1) is 13.0. The number of benzene rings is 1. The lowest BCUT2D eigenvalue weighted by atomic mass is 10.0. The fourth-order valence-electron chi connectivity index (χ4n) is 1.51. The Morgan fingerprint density at radius 3 is 2.05 bits per heavy atom. The molecule has 1 aromatic heterocycles. The van der Waals surface area contributed by atoms with Gasteiger partial charge in [0.05, 0.1) is 0 Å². The molecule has 0 spiro atoms. The molecule has 0 fully saturated rings. The molecule has 0 unspecified atom stereocenters. The van der Waals surface area contributed by atoms with E-state index < -0.39 is 0 Å². The lowest BCUT2D eigenvalue weighted by molar-refractivity contribution is 1.20. The number of hydrogen-bond donors (Lipinski definition) is 2. The molecule has 4 N–H and O–H groups in total. The predicted molar refractivity (Wildman–Crippen MR) is 77.1 cm³/mol. The van der Waals surface area contributed by atoms with Gasteiger partial charge in [0, 0.05) is 28.5 Å². The van der Waals surface area contributed by atoms with Crippen molar-refractivity contribution >= 4 is 23.3 Å². The van der Waals surface area contributed by atoms with Crippen LogP contribution in [0.4, 0.5) is 0 Å². The third-order valence-corrected chi connectivity index (χ3v) is 2.59. The summed E-state index contributed by atoms with van der Waals surface area (Å²) in [5.74, 6) is -0.0967. The van der Waals surface area contributed by atoms with Crippen LogP contribution in [0, 0.1) is 0 Å². The van der Waals surface area contributed by atoms with Gasteiger partial charge in [0.15, 0.2) is 0 Å². The molecule has 19 heavy (non-hydrogen) atoms. The summed E-state index contributed by atoms with van der Waals surface area (Å²) in [5, 5.41) is 8.44. The Kier molecular flexibility index (Phi) is 4.10. The molecule has 2 aromatic rings. The summed E-state index contributed by atoms with van der Waals surface area (Å²) in [7, 11) is 0. The zero-order chi connectivity index (χ0) is 13.7. The maximum atomic E-state index is 5.87. The van der Waals surface area contributed by atoms with E-state index in [0.29, 0.717) is 10.7 Å². The summed E-state index contributed by atoms with van der Waals surface area (Å²) in [5.41, 5.74) is 13.0. The van der Waals surface area contributed by atoms with E-state index in [4.69, 9.17) is 23.1 Å². The summed E-state index contributed by atoms with van der Waals surface area (Å²) in [6.07, 6.45) is 3.35. The molecular weight excluding hydrogens is 262 g/mol. The van der Waals surface area contributed by atoms with Gasteiger partial charge in [-0.2, -0.15) is 0 Å². The fourth-order valence-corrected chi connectivity index (χ4v) is 1.63. The number of pyridine rings is 1. The van der Waals surface area contributed by atoms with Crippen molar-refractivity contribution in [2.24, 2.45) is 21.7 Å². The predicted octanol–water partition coefficient (Wildman–Crippen LogP) is 1.76. The average molecular weight is 274 g/mol. The first-order valence-electron chi connectivity index (χ1n) is 5.50. The third-order valence-electron chi connectivity index (χ3n) is 2.34. The van der Waals surface area contributed by atoms with Crippen LogP contribution in [0.3, 0.4) is 0 Å². The van der Waals surface area contributed by atoms with Crippen LogP contribution in [0.25, 0.3) is 0 Å². The van der Waals surface area contributed by atoms with E-state index in [0.717, 1.165) is 11.1 Å². The minimum Gasteiger partial charge on any atom is -0.369 e. The maximum Gasteiger partial charge on any atom is 0.211 e. The molecule has 0 bridgehead atoms. The third kappa shape index (κ3) is 3.53. The summed E-state index contributed by atoms with van der Waals surface area (Å²) in [6, 6.07) is 10.9. The molecule has 0 aliphatic carbocycles. The van der Waals surface area contributed by atoms with E-state index >= 15 is 0 Å². The van der Waals surface area contributed by atoms with Crippen LogP contribution >= 0.6 is 11.6 Å². The largest absolute Gasteiger partial charge is 0.369 e. The van der Waals surface area contributed by atoms with E-state index in [1.807, 2.05) is 24.3 Å². The van der Waals surface area contributed by atoms with Gasteiger partial charge in [-0.25, -0.2) is 0 Å². The lowest BCUT2D eigenvalue weighted by Gasteiger charge is -2.05. The Hall–Kier alpha value is -2.40. The van der Waals surface area contributed by atoms with Gasteiger partial charge in [0.1, 0.15) is 5.71 Å². The number of halogens is 1. The van der Waals surface area contributed by atoms with Crippen molar-refractivity contribution in [3.05, 3.63) is 64.9 Å². The Labute approximate surface area is 115 Å². The molecule has 0 aliphatic rings. The molecule has 1 heterocycles. The number of guanidine groups is 1. The number of aromatic nitrogens is 1. The summed E-state index contributed by atoms with van der Waals surface area (Å²) < 4.78 is 0. The number of nitrogens with two attached hydrogens (primary N) is 2. The van der Waals surface area contributed by atoms with E-state index in [-0.39, 0.29) is 5.96 Å². The Morgan fingerprint density at radius 1 is 0.895 bits per heavy atom. The van der Waals surface area contributed by atoms with E-state index in [1.54, 1.807) is 24.5 Å². The molecule has 0 atom stereocenters. The van der Waals surface area contributed by atoms with Gasteiger partial charge in [-0.15, -0.1) is 10.2 Å². The summed E-state index contributed by atoms with van der Waals surface area (Å²) in [6.45, 7) is 0. The highest BCUT2D eigenvalue weighted by Crippen LogP contribution is 2.14. The van der Waals surface area contributed by atoms with Crippen molar-refractivity contribution in [1.29, 1.82) is 0 Å². The van der Waals surface area contributed by atoms with Crippen molar-refractivity contribution in [1.82, 2.24) is 4.98 Å². The quantitative estimate of drug-likeness (QED) is 0.507. The SMILES string of the molecule is NC(N)=N/N=C(/c1ccncc1)c1ccc(Cl)cc1. The van der Waals surface area contributed by atoms with Crippen molar-refractivity contribution in [2.45, 2.75) is 0 Å². The zero-order valence-corrected chi connectivity index (χ0v) is 10.7. The number of hydrogen-bond acceptors (Lipinski definition) is 3. The highest BCUT2D eigenvalue weighted by molar-refractivity contribution is 6.30. The van der Waals surface area contributed by atoms with Crippen LogP contribution in [0.15, 0.2) is 59.0 Å². The first-order valence-corrected chi connectivity index (χ1v) is 5.87. The summed E-state index contributed by atoms with van der Waals surface area (Å²) >= 11 is 5.87. The van der Waals surface area contributed by atoms with E-state index in [9.17, 15) is 0 Å². The second kappa shape index (κ2) is 5.97. The highest BCUT2D eigenvalue weighted by atomic mass is 35.5. The van der Waals surface area contributed by atoms with Gasteiger partial charge in [-0.3, -0.25) is 4.98 Å². The summed E-state index contributed by atoms with van der Waals surface area (Å²) in [4.78, 5) is 3.97. The zero-order valence-electron chi connectivity index (χ0n) is 9.99. The molecule has 0 saturated heterocycles. The number of nitrogens with zero attached hydrogens (tertiary/aromatic N) is 3. The van der Waals surface area contributed by atoms with Gasteiger partial charge < -0.3 is 11.5 Å². The van der Waals surface area contributed by atoms with Crippen LogP contribution in [0.5, 0.6) is 0 Å². The Bertz CT molecular complexity index is 601. The van der Waals surface area contributed by atoms with Gasteiger partial charge in [-0.05, 0) is 24.3 Å². The molecule has 6 heteroatoms. The van der Waals surface area contributed by atoms with Gasteiger partial charge in [-0.1, -0.05) is 23.7 Å². The van der Waals surface area contributed by atoms with Crippen LogP contribution in [0.1, 0.15) is 11.1 Å². The normalized spacial score (nSPS) is 11.1. The van der Waals surface area contributed by atoms with Crippen molar-refractivity contribution in [2.75, 3.05) is 0 Å². The van der Waals surface area contributed by atoms with Crippen LogP contribution in [-0.4, -0.2) is 16.7 Å². The second-order valence-electron chi connectivity index (χ2n) is 3.72. The topological polar surface area (TPSA) is 89.7 Å². The van der Waals surface area contributed by atoms with E-state index in [1.165, 1.54) is 0 Å². The molecule has 0 radical (unpaired) electrons. The lowest BCUT2D eigenvalue weighted by Crippen LogP contribution is -2.22. The van der Waals surface area contributed by atoms with Crippen molar-refractivity contribution in [3.8, 4) is 0 Å². The molecule has 1 aromatic carbocycles. The molecule has 96 valence electrons. The average Bonchev–Trinajstić information content (AvgIpc) is 2.42. The molecule has 0 amide bonds. The smallest absolute Gasteiger partial charge is 0.211 e. The molecule has 0 saturated carbocycles. The van der Waals surface area contributed by atoms with Crippen LogP contribution in [0.2, 0.25) is 5.02 Å². The molecular formula is C13H12ClN5. The first-order chi connectivity index (χ1) is 9.16. The minimum absolute atomic E-state index is 0.0967.